The molecule has 7 heteroatoms. The Kier molecular flexibility index (Phi) is 4.06. The average molecular weight is 251 g/mol. The number of carboxylic acid groups (broad SMARTS) is 1. The molecule has 0 fully saturated rings. The number of nitrogens with one attached hydrogen (secondary N) is 1. The fourth-order valence-electron chi connectivity index (χ4n) is 1.26. The lowest BCUT2D eigenvalue weighted by molar-refractivity contribution is -0.143. The lowest BCUT2D eigenvalue weighted by Gasteiger charge is -2.16. The normalized spacial score (nSPS) is 13.4. The third-order valence-electron chi connectivity index (χ3n) is 1.97. The van der Waals surface area contributed by atoms with Gasteiger partial charge in [-0.3, -0.25) is 10.1 Å². The van der Waals surface area contributed by atoms with Gasteiger partial charge in [0.1, 0.15) is 11.9 Å². The summed E-state index contributed by atoms with van der Waals surface area (Å²) in [6, 6.07) is 3.06. The van der Waals surface area contributed by atoms with Gasteiger partial charge >= 0.3 is 12.1 Å². The van der Waals surface area contributed by atoms with Crippen molar-refractivity contribution >= 4 is 5.97 Å². The molecule has 0 spiro atoms. The Morgan fingerprint density at radius 1 is 1.35 bits per heavy atom. The van der Waals surface area contributed by atoms with Crippen molar-refractivity contribution in [2.75, 3.05) is 6.54 Å². The van der Waals surface area contributed by atoms with Crippen LogP contribution in [0.3, 0.4) is 0 Å². The fraction of sp³-hybridized carbons (Fsp3) is 0.300. The molecule has 0 radical (unpaired) electrons. The minimum Gasteiger partial charge on any atom is -0.480 e. The summed E-state index contributed by atoms with van der Waals surface area (Å²) in [6.07, 6.45) is -4.56. The SMILES string of the molecule is O=C(O)C(NCC(F)(F)F)c1ccccc1F. The molecular formula is C10H9F4NO2. The van der Waals surface area contributed by atoms with Gasteiger partial charge in [-0.05, 0) is 6.07 Å². The van der Waals surface area contributed by atoms with Gasteiger partial charge in [0.15, 0.2) is 0 Å². The van der Waals surface area contributed by atoms with E-state index in [1.807, 2.05) is 0 Å². The number of halogens is 4. The van der Waals surface area contributed by atoms with E-state index in [-0.39, 0.29) is 5.56 Å². The zero-order valence-electron chi connectivity index (χ0n) is 8.46. The third-order valence-corrected chi connectivity index (χ3v) is 1.97. The molecule has 0 bridgehead atoms. The van der Waals surface area contributed by atoms with E-state index in [4.69, 9.17) is 5.11 Å². The first-order valence-electron chi connectivity index (χ1n) is 4.58. The lowest BCUT2D eigenvalue weighted by atomic mass is 10.1. The van der Waals surface area contributed by atoms with Crippen LogP contribution < -0.4 is 5.32 Å². The molecule has 0 amide bonds. The second-order valence-corrected chi connectivity index (χ2v) is 3.29. The highest BCUT2D eigenvalue weighted by atomic mass is 19.4. The maximum atomic E-state index is 13.2. The predicted molar refractivity (Wildman–Crippen MR) is 50.8 cm³/mol. The van der Waals surface area contributed by atoms with Gasteiger partial charge in [-0.1, -0.05) is 18.2 Å². The van der Waals surface area contributed by atoms with Crippen molar-refractivity contribution in [2.45, 2.75) is 12.2 Å². The summed E-state index contributed by atoms with van der Waals surface area (Å²) in [6.45, 7) is -1.50. The first kappa shape index (κ1) is 13.4. The molecule has 1 rings (SSSR count). The maximum Gasteiger partial charge on any atom is 0.401 e. The van der Waals surface area contributed by atoms with Crippen molar-refractivity contribution in [3.8, 4) is 0 Å². The summed E-state index contributed by atoms with van der Waals surface area (Å²) in [5.74, 6) is -2.44. The third kappa shape index (κ3) is 4.03. The zero-order valence-corrected chi connectivity index (χ0v) is 8.46. The smallest absolute Gasteiger partial charge is 0.401 e. The number of alkyl halides is 3. The molecule has 1 atom stereocenters. The van der Waals surface area contributed by atoms with Crippen molar-refractivity contribution in [3.63, 3.8) is 0 Å². The van der Waals surface area contributed by atoms with Crippen molar-refractivity contribution in [1.82, 2.24) is 5.32 Å². The van der Waals surface area contributed by atoms with Crippen LogP contribution in [0.15, 0.2) is 24.3 Å². The van der Waals surface area contributed by atoms with Crippen LogP contribution in [0.25, 0.3) is 0 Å². The van der Waals surface area contributed by atoms with Gasteiger partial charge in [-0.15, -0.1) is 0 Å². The van der Waals surface area contributed by atoms with Gasteiger partial charge in [0.25, 0.3) is 0 Å². The molecule has 17 heavy (non-hydrogen) atoms. The van der Waals surface area contributed by atoms with Crippen molar-refractivity contribution in [1.29, 1.82) is 0 Å². The van der Waals surface area contributed by atoms with E-state index in [2.05, 4.69) is 0 Å². The standard InChI is InChI=1S/C10H9F4NO2/c11-7-4-2-1-3-6(7)8(9(16)17)15-5-10(12,13)14/h1-4,8,15H,5H2,(H,16,17). The van der Waals surface area contributed by atoms with E-state index in [1.165, 1.54) is 12.1 Å². The van der Waals surface area contributed by atoms with E-state index in [0.29, 0.717) is 0 Å². The highest BCUT2D eigenvalue weighted by Gasteiger charge is 2.31. The highest BCUT2D eigenvalue weighted by molar-refractivity contribution is 5.75. The van der Waals surface area contributed by atoms with Gasteiger partial charge < -0.3 is 5.11 Å². The monoisotopic (exact) mass is 251 g/mol. The van der Waals surface area contributed by atoms with Gasteiger partial charge in [0, 0.05) is 5.56 Å². The van der Waals surface area contributed by atoms with Crippen LogP contribution in [0, 0.1) is 5.82 Å². The van der Waals surface area contributed by atoms with E-state index in [0.717, 1.165) is 12.1 Å². The van der Waals surface area contributed by atoms with Crippen LogP contribution in [0.4, 0.5) is 17.6 Å². The minimum absolute atomic E-state index is 0.329. The Morgan fingerprint density at radius 3 is 2.41 bits per heavy atom. The van der Waals surface area contributed by atoms with Crippen LogP contribution in [0.5, 0.6) is 0 Å². The summed E-state index contributed by atoms with van der Waals surface area (Å²) in [5, 5.41) is 10.5. The number of benzene rings is 1. The summed E-state index contributed by atoms with van der Waals surface area (Å²) in [4.78, 5) is 10.8. The van der Waals surface area contributed by atoms with Gasteiger partial charge in [0.05, 0.1) is 6.54 Å². The molecule has 3 nitrogen and oxygen atoms in total. The van der Waals surface area contributed by atoms with Crippen LogP contribution in [-0.2, 0) is 4.79 Å². The Morgan fingerprint density at radius 2 is 1.94 bits per heavy atom. The molecule has 0 aliphatic rings. The first-order valence-corrected chi connectivity index (χ1v) is 4.58. The number of hydrogen-bond acceptors (Lipinski definition) is 2. The number of hydrogen-bond donors (Lipinski definition) is 2. The average Bonchev–Trinajstić information content (AvgIpc) is 2.18. The molecular weight excluding hydrogens is 242 g/mol. The summed E-state index contributed by atoms with van der Waals surface area (Å²) < 4.78 is 49.1. The Bertz CT molecular complexity index is 406. The molecule has 1 unspecified atom stereocenters. The second kappa shape index (κ2) is 5.13. The van der Waals surface area contributed by atoms with Crippen molar-refractivity contribution in [3.05, 3.63) is 35.6 Å². The van der Waals surface area contributed by atoms with Gasteiger partial charge in [0.2, 0.25) is 0 Å². The lowest BCUT2D eigenvalue weighted by Crippen LogP contribution is -2.36. The molecule has 0 aliphatic heterocycles. The molecule has 0 saturated carbocycles. The summed E-state index contributed by atoms with van der Waals surface area (Å²) >= 11 is 0. The highest BCUT2D eigenvalue weighted by Crippen LogP contribution is 2.19. The van der Waals surface area contributed by atoms with Crippen LogP contribution in [0.1, 0.15) is 11.6 Å². The van der Waals surface area contributed by atoms with Crippen molar-refractivity contribution in [2.24, 2.45) is 0 Å². The van der Waals surface area contributed by atoms with E-state index in [9.17, 15) is 22.4 Å². The van der Waals surface area contributed by atoms with Crippen LogP contribution in [0.2, 0.25) is 0 Å². The molecule has 0 saturated heterocycles. The Balaban J connectivity index is 2.88. The van der Waals surface area contributed by atoms with Gasteiger partial charge in [-0.2, -0.15) is 13.2 Å². The van der Waals surface area contributed by atoms with E-state index >= 15 is 0 Å². The Hall–Kier alpha value is -1.63. The zero-order chi connectivity index (χ0) is 13.1. The van der Waals surface area contributed by atoms with Crippen LogP contribution in [-0.4, -0.2) is 23.8 Å². The van der Waals surface area contributed by atoms with Crippen molar-refractivity contribution < 1.29 is 27.5 Å². The first-order chi connectivity index (χ1) is 7.81. The maximum absolute atomic E-state index is 13.2. The van der Waals surface area contributed by atoms with E-state index < -0.39 is 30.5 Å². The molecule has 0 heterocycles. The van der Waals surface area contributed by atoms with Gasteiger partial charge in [-0.25, -0.2) is 4.39 Å². The molecule has 1 aromatic carbocycles. The molecule has 1 aromatic rings. The molecule has 2 N–H and O–H groups in total. The predicted octanol–water partition coefficient (Wildman–Crippen LogP) is 2.10. The minimum atomic E-state index is -4.56. The number of carbonyl (C=O) groups is 1. The summed E-state index contributed by atoms with van der Waals surface area (Å²) in [5.41, 5.74) is -0.329. The second-order valence-electron chi connectivity index (χ2n) is 3.29. The molecule has 94 valence electrons. The van der Waals surface area contributed by atoms with E-state index in [1.54, 1.807) is 5.32 Å². The molecule has 0 aliphatic carbocycles. The largest absolute Gasteiger partial charge is 0.480 e. The number of rotatable bonds is 4. The Labute approximate surface area is 94.1 Å². The van der Waals surface area contributed by atoms with Crippen LogP contribution >= 0.6 is 0 Å². The quantitative estimate of drug-likeness (QED) is 0.806. The fourth-order valence-corrected chi connectivity index (χ4v) is 1.26. The number of carboxylic acids is 1. The number of aliphatic carboxylic acids is 1. The topological polar surface area (TPSA) is 49.3 Å². The molecule has 0 aromatic heterocycles. The summed E-state index contributed by atoms with van der Waals surface area (Å²) in [7, 11) is 0.